The summed E-state index contributed by atoms with van der Waals surface area (Å²) < 4.78 is 34.3. The van der Waals surface area contributed by atoms with E-state index >= 15 is 4.39 Å². The molecule has 6 aliphatic rings. The SMILES string of the molecule is CC(C)(C)OC(=O)NCC1=CN2C3CC4CCCCC4CC3OC3C(N4CCC(NC(=O)OC(C)(C)C)C4)C(F)CC(C1=O)C32. The van der Waals surface area contributed by atoms with Crippen molar-refractivity contribution in [3.8, 4) is 0 Å². The van der Waals surface area contributed by atoms with Gasteiger partial charge in [0.1, 0.15) is 17.4 Å². The highest BCUT2D eigenvalue weighted by molar-refractivity contribution is 5.99. The number of carbonyl (C=O) groups excluding carboxylic acids is 3. The van der Waals surface area contributed by atoms with Gasteiger partial charge in [0.15, 0.2) is 5.78 Å². The first kappa shape index (κ1) is 32.5. The van der Waals surface area contributed by atoms with Gasteiger partial charge in [-0.15, -0.1) is 0 Å². The van der Waals surface area contributed by atoms with E-state index in [0.29, 0.717) is 36.9 Å². The van der Waals surface area contributed by atoms with Crippen molar-refractivity contribution in [3.63, 3.8) is 0 Å². The average molecular weight is 633 g/mol. The molecule has 10 nitrogen and oxygen atoms in total. The van der Waals surface area contributed by atoms with Crippen LogP contribution in [0.2, 0.25) is 0 Å². The molecule has 3 saturated carbocycles. The minimum Gasteiger partial charge on any atom is -0.444 e. The largest absolute Gasteiger partial charge is 0.444 e. The van der Waals surface area contributed by atoms with Crippen LogP contribution in [0.25, 0.3) is 0 Å². The summed E-state index contributed by atoms with van der Waals surface area (Å²) in [6.07, 6.45) is 6.88. The van der Waals surface area contributed by atoms with Gasteiger partial charge in [-0.1, -0.05) is 25.7 Å². The van der Waals surface area contributed by atoms with Gasteiger partial charge in [0.25, 0.3) is 0 Å². The second kappa shape index (κ2) is 12.3. The number of ketones is 1. The van der Waals surface area contributed by atoms with Gasteiger partial charge in [-0.05, 0) is 79.1 Å². The molecule has 6 rings (SSSR count). The molecule has 0 aromatic rings. The normalized spacial score (nSPS) is 38.3. The van der Waals surface area contributed by atoms with Gasteiger partial charge < -0.3 is 29.7 Å². The minimum absolute atomic E-state index is 0.0399. The first-order valence-electron chi connectivity index (χ1n) is 17.2. The molecule has 0 spiro atoms. The lowest BCUT2D eigenvalue weighted by atomic mass is 9.64. The first-order valence-corrected chi connectivity index (χ1v) is 17.2. The topological polar surface area (TPSA) is 109 Å². The van der Waals surface area contributed by atoms with Crippen molar-refractivity contribution in [3.05, 3.63) is 11.8 Å². The second-order valence-electron chi connectivity index (χ2n) is 16.3. The molecule has 10 unspecified atom stereocenters. The van der Waals surface area contributed by atoms with E-state index in [2.05, 4.69) is 20.4 Å². The maximum absolute atomic E-state index is 16.5. The number of fused-ring (bicyclic) bond motifs is 3. The second-order valence-corrected chi connectivity index (χ2v) is 16.3. The van der Waals surface area contributed by atoms with E-state index in [-0.39, 0.29) is 43.0 Å². The minimum atomic E-state index is -1.26. The Morgan fingerprint density at radius 1 is 0.956 bits per heavy atom. The van der Waals surface area contributed by atoms with Crippen molar-refractivity contribution >= 4 is 18.0 Å². The van der Waals surface area contributed by atoms with Crippen LogP contribution < -0.4 is 10.6 Å². The zero-order valence-electron chi connectivity index (χ0n) is 27.9. The Morgan fingerprint density at radius 3 is 2.31 bits per heavy atom. The Balaban J connectivity index is 1.24. The molecule has 252 valence electrons. The van der Waals surface area contributed by atoms with Gasteiger partial charge in [0.2, 0.25) is 0 Å². The van der Waals surface area contributed by atoms with E-state index < -0.39 is 47.6 Å². The van der Waals surface area contributed by atoms with E-state index in [1.54, 1.807) is 20.8 Å². The van der Waals surface area contributed by atoms with Crippen LogP contribution in [0.3, 0.4) is 0 Å². The van der Waals surface area contributed by atoms with Crippen LogP contribution in [0.1, 0.15) is 92.9 Å². The van der Waals surface area contributed by atoms with Crippen LogP contribution in [0.5, 0.6) is 0 Å². The number of hydrogen-bond acceptors (Lipinski definition) is 8. The Bertz CT molecular complexity index is 1180. The highest BCUT2D eigenvalue weighted by Crippen LogP contribution is 2.51. The number of carbonyl (C=O) groups is 3. The van der Waals surface area contributed by atoms with Crippen molar-refractivity contribution in [1.29, 1.82) is 0 Å². The molecule has 0 aromatic heterocycles. The molecule has 5 fully saturated rings. The molecular weight excluding hydrogens is 579 g/mol. The van der Waals surface area contributed by atoms with Crippen molar-refractivity contribution in [1.82, 2.24) is 20.4 Å². The predicted octanol–water partition coefficient (Wildman–Crippen LogP) is 4.71. The number of amides is 2. The lowest BCUT2D eigenvalue weighted by Crippen LogP contribution is -2.73. The highest BCUT2D eigenvalue weighted by atomic mass is 19.1. The molecule has 2 amide bonds. The third kappa shape index (κ3) is 6.99. The molecule has 0 bridgehead atoms. The van der Waals surface area contributed by atoms with Crippen molar-refractivity contribution < 1.29 is 33.0 Å². The summed E-state index contributed by atoms with van der Waals surface area (Å²) in [7, 11) is 0. The molecule has 0 aromatic carbocycles. The molecular formula is C34H53FN4O6. The quantitative estimate of drug-likeness (QED) is 0.459. The standard InChI is InChI=1S/C34H53FN4O6/c1-33(2,3)44-31(41)36-16-21-17-39-25-13-19-9-7-8-10-20(19)14-26(25)43-30-27(39)23(29(21)40)15-24(35)28(30)38-12-11-22(18-38)37-32(42)45-34(4,5)6/h17,19-20,22-28,30H,7-16,18H2,1-6H3,(H,36,41)(H,37,42). The maximum atomic E-state index is 16.5. The summed E-state index contributed by atoms with van der Waals surface area (Å²) in [6, 6.07) is -0.797. The number of alkyl carbamates (subject to hydrolysis) is 2. The number of ether oxygens (including phenoxy) is 3. The number of likely N-dealkylation sites (tertiary alicyclic amines) is 1. The fraction of sp³-hybridized carbons (Fsp3) is 0.853. The van der Waals surface area contributed by atoms with Gasteiger partial charge in [-0.3, -0.25) is 9.69 Å². The molecule has 2 saturated heterocycles. The van der Waals surface area contributed by atoms with E-state index in [9.17, 15) is 14.4 Å². The van der Waals surface area contributed by atoms with Crippen LogP contribution in [0.15, 0.2) is 11.8 Å². The number of Topliss-reactive ketones (excluding diaryl/α,β-unsaturated/α-hetero) is 1. The highest BCUT2D eigenvalue weighted by Gasteiger charge is 2.60. The van der Waals surface area contributed by atoms with E-state index in [4.69, 9.17) is 14.2 Å². The summed E-state index contributed by atoms with van der Waals surface area (Å²) in [6.45, 7) is 12.1. The molecule has 10 atom stereocenters. The summed E-state index contributed by atoms with van der Waals surface area (Å²) in [5.74, 6) is 0.593. The first-order chi connectivity index (χ1) is 21.2. The van der Waals surface area contributed by atoms with Crippen molar-refractivity contribution in [2.45, 2.75) is 147 Å². The molecule has 3 heterocycles. The smallest absolute Gasteiger partial charge is 0.407 e. The van der Waals surface area contributed by atoms with Crippen LogP contribution in [0, 0.1) is 17.8 Å². The zero-order valence-corrected chi connectivity index (χ0v) is 27.9. The molecule has 3 aliphatic heterocycles. The number of rotatable bonds is 4. The zero-order chi connectivity index (χ0) is 32.3. The number of nitrogens with one attached hydrogen (secondary N) is 2. The molecule has 2 N–H and O–H groups in total. The van der Waals surface area contributed by atoms with Crippen LogP contribution in [0.4, 0.5) is 14.0 Å². The van der Waals surface area contributed by atoms with Crippen LogP contribution >= 0.6 is 0 Å². The van der Waals surface area contributed by atoms with Crippen LogP contribution in [-0.4, -0.2) is 101 Å². The molecule has 3 aliphatic carbocycles. The van der Waals surface area contributed by atoms with Gasteiger partial charge in [-0.25, -0.2) is 14.0 Å². The van der Waals surface area contributed by atoms with Gasteiger partial charge in [0.05, 0.1) is 36.9 Å². The lowest BCUT2D eigenvalue weighted by molar-refractivity contribution is -0.219. The number of alkyl halides is 1. The summed E-state index contributed by atoms with van der Waals surface area (Å²) in [5, 5.41) is 5.74. The van der Waals surface area contributed by atoms with Gasteiger partial charge in [0, 0.05) is 36.8 Å². The Morgan fingerprint density at radius 2 is 1.62 bits per heavy atom. The molecule has 11 heteroatoms. The number of hydrogen-bond donors (Lipinski definition) is 2. The van der Waals surface area contributed by atoms with Crippen molar-refractivity contribution in [2.75, 3.05) is 19.6 Å². The van der Waals surface area contributed by atoms with E-state index in [1.165, 1.54) is 25.7 Å². The van der Waals surface area contributed by atoms with Gasteiger partial charge >= 0.3 is 12.2 Å². The fourth-order valence-corrected chi connectivity index (χ4v) is 9.03. The van der Waals surface area contributed by atoms with Gasteiger partial charge in [-0.2, -0.15) is 0 Å². The van der Waals surface area contributed by atoms with E-state index in [1.807, 2.05) is 27.0 Å². The number of morpholine rings is 1. The predicted molar refractivity (Wildman–Crippen MR) is 166 cm³/mol. The third-order valence-corrected chi connectivity index (χ3v) is 10.7. The fourth-order valence-electron chi connectivity index (χ4n) is 9.03. The van der Waals surface area contributed by atoms with Crippen molar-refractivity contribution in [2.24, 2.45) is 17.8 Å². The Hall–Kier alpha value is -2.40. The monoisotopic (exact) mass is 632 g/mol. The number of halogens is 1. The summed E-state index contributed by atoms with van der Waals surface area (Å²) >= 11 is 0. The summed E-state index contributed by atoms with van der Waals surface area (Å²) in [4.78, 5) is 43.4. The molecule has 0 radical (unpaired) electrons. The Kier molecular flexibility index (Phi) is 8.91. The molecule has 45 heavy (non-hydrogen) atoms. The lowest BCUT2D eigenvalue weighted by Gasteiger charge is -2.61. The third-order valence-electron chi connectivity index (χ3n) is 10.7. The maximum Gasteiger partial charge on any atom is 0.407 e. The average Bonchev–Trinajstić information content (AvgIpc) is 3.38. The Labute approximate surface area is 267 Å². The number of nitrogens with zero attached hydrogens (tertiary/aromatic N) is 2. The van der Waals surface area contributed by atoms with Crippen LogP contribution in [-0.2, 0) is 19.0 Å². The van der Waals surface area contributed by atoms with E-state index in [0.717, 1.165) is 12.8 Å². The summed E-state index contributed by atoms with van der Waals surface area (Å²) in [5.41, 5.74) is -0.749.